The zero-order valence-corrected chi connectivity index (χ0v) is 16.1. The van der Waals surface area contributed by atoms with E-state index in [-0.39, 0.29) is 11.8 Å². The third-order valence-corrected chi connectivity index (χ3v) is 5.39. The molecule has 6 heteroatoms. The van der Waals surface area contributed by atoms with Crippen LogP contribution in [0.2, 0.25) is 0 Å². The average molecular weight is 378 g/mol. The molecule has 146 valence electrons. The second kappa shape index (κ2) is 8.00. The summed E-state index contributed by atoms with van der Waals surface area (Å²) in [6.45, 7) is 1.91. The van der Waals surface area contributed by atoms with E-state index in [2.05, 4.69) is 20.9 Å². The second-order valence-corrected chi connectivity index (χ2v) is 7.79. The van der Waals surface area contributed by atoms with E-state index in [0.717, 1.165) is 24.2 Å². The van der Waals surface area contributed by atoms with E-state index in [4.69, 9.17) is 0 Å². The van der Waals surface area contributed by atoms with Crippen molar-refractivity contribution in [3.05, 3.63) is 53.2 Å². The number of nitrogens with one attached hydrogen (secondary N) is 3. The summed E-state index contributed by atoms with van der Waals surface area (Å²) in [7, 11) is 0. The number of carbonyl (C=O) groups is 2. The largest absolute Gasteiger partial charge is 0.367 e. The quantitative estimate of drug-likeness (QED) is 0.712. The molecule has 0 radical (unpaired) electrons. The molecule has 2 aliphatic carbocycles. The molecule has 1 aromatic heterocycles. The fourth-order valence-corrected chi connectivity index (χ4v) is 3.48. The first-order valence-corrected chi connectivity index (χ1v) is 10.0. The molecule has 4 rings (SSSR count). The predicted octanol–water partition coefficient (Wildman–Crippen LogP) is 3.89. The number of hydrogen-bond donors (Lipinski definition) is 3. The maximum absolute atomic E-state index is 12.6. The van der Waals surface area contributed by atoms with Crippen molar-refractivity contribution in [2.45, 2.75) is 57.5 Å². The van der Waals surface area contributed by atoms with Gasteiger partial charge in [-0.2, -0.15) is 0 Å². The Morgan fingerprint density at radius 1 is 0.929 bits per heavy atom. The van der Waals surface area contributed by atoms with E-state index in [1.807, 2.05) is 19.1 Å². The minimum Gasteiger partial charge on any atom is -0.367 e. The number of carbonyl (C=O) groups excluding carboxylic acids is 2. The van der Waals surface area contributed by atoms with Crippen molar-refractivity contribution in [3.63, 3.8) is 0 Å². The van der Waals surface area contributed by atoms with Gasteiger partial charge in [0.25, 0.3) is 11.8 Å². The van der Waals surface area contributed by atoms with Crippen LogP contribution in [0.25, 0.3) is 0 Å². The maximum atomic E-state index is 12.6. The molecule has 3 N–H and O–H groups in total. The van der Waals surface area contributed by atoms with Gasteiger partial charge in [-0.3, -0.25) is 9.59 Å². The van der Waals surface area contributed by atoms with E-state index < -0.39 is 0 Å². The van der Waals surface area contributed by atoms with Gasteiger partial charge < -0.3 is 16.0 Å². The summed E-state index contributed by atoms with van der Waals surface area (Å²) in [4.78, 5) is 29.2. The Balaban J connectivity index is 1.41. The highest BCUT2D eigenvalue weighted by Gasteiger charge is 2.24. The van der Waals surface area contributed by atoms with Crippen LogP contribution in [0.15, 0.2) is 36.5 Å². The van der Waals surface area contributed by atoms with Gasteiger partial charge in [-0.25, -0.2) is 4.98 Å². The molecule has 6 nitrogen and oxygen atoms in total. The molecule has 2 saturated carbocycles. The number of pyridine rings is 1. The highest BCUT2D eigenvalue weighted by Crippen LogP contribution is 2.23. The molecule has 1 aromatic carbocycles. The first-order chi connectivity index (χ1) is 13.6. The van der Waals surface area contributed by atoms with Gasteiger partial charge in [0.15, 0.2) is 0 Å². The monoisotopic (exact) mass is 378 g/mol. The number of nitrogens with zero attached hydrogens (tertiary/aromatic N) is 1. The second-order valence-electron chi connectivity index (χ2n) is 7.79. The van der Waals surface area contributed by atoms with Crippen LogP contribution in [0.3, 0.4) is 0 Å². The van der Waals surface area contributed by atoms with Crippen molar-refractivity contribution in [2.24, 2.45) is 0 Å². The Bertz CT molecular complexity index is 869. The Kier molecular flexibility index (Phi) is 5.28. The maximum Gasteiger partial charge on any atom is 0.257 e. The Labute approximate surface area is 165 Å². The summed E-state index contributed by atoms with van der Waals surface area (Å²) in [5, 5.41) is 9.29. The first kappa shape index (κ1) is 18.5. The van der Waals surface area contributed by atoms with Gasteiger partial charge in [-0.15, -0.1) is 0 Å². The van der Waals surface area contributed by atoms with Gasteiger partial charge in [-0.1, -0.05) is 18.9 Å². The average Bonchev–Trinajstić information content (AvgIpc) is 3.36. The van der Waals surface area contributed by atoms with Crippen LogP contribution in [0.4, 0.5) is 11.5 Å². The molecule has 0 spiro atoms. The summed E-state index contributed by atoms with van der Waals surface area (Å²) in [6, 6.07) is 9.78. The smallest absolute Gasteiger partial charge is 0.257 e. The number of rotatable bonds is 6. The first-order valence-electron chi connectivity index (χ1n) is 10.0. The van der Waals surface area contributed by atoms with Crippen molar-refractivity contribution in [2.75, 3.05) is 10.6 Å². The summed E-state index contributed by atoms with van der Waals surface area (Å²) >= 11 is 0. The summed E-state index contributed by atoms with van der Waals surface area (Å²) in [5.74, 6) is 0.475. The Morgan fingerprint density at radius 3 is 2.36 bits per heavy atom. The van der Waals surface area contributed by atoms with Gasteiger partial charge in [0.1, 0.15) is 5.82 Å². The lowest BCUT2D eigenvalue weighted by molar-refractivity contribution is 0.0949. The number of aromatic nitrogens is 1. The fourth-order valence-electron chi connectivity index (χ4n) is 3.48. The van der Waals surface area contributed by atoms with Crippen molar-refractivity contribution in [1.82, 2.24) is 10.3 Å². The third kappa shape index (κ3) is 4.50. The van der Waals surface area contributed by atoms with Crippen LogP contribution in [0, 0.1) is 6.92 Å². The topological polar surface area (TPSA) is 83.1 Å². The number of aryl methyl sites for hydroxylation is 1. The van der Waals surface area contributed by atoms with Crippen molar-refractivity contribution in [1.29, 1.82) is 0 Å². The van der Waals surface area contributed by atoms with E-state index >= 15 is 0 Å². The van der Waals surface area contributed by atoms with Gasteiger partial charge >= 0.3 is 0 Å². The minimum atomic E-state index is -0.234. The summed E-state index contributed by atoms with van der Waals surface area (Å²) in [5.41, 5.74) is 2.59. The Hall–Kier alpha value is -2.89. The van der Waals surface area contributed by atoms with Crippen LogP contribution in [-0.2, 0) is 0 Å². The lowest BCUT2D eigenvalue weighted by atomic mass is 10.1. The molecule has 1 heterocycles. The lowest BCUT2D eigenvalue weighted by Gasteiger charge is -2.13. The van der Waals surface area contributed by atoms with Crippen molar-refractivity contribution < 1.29 is 9.59 Å². The van der Waals surface area contributed by atoms with E-state index in [1.54, 1.807) is 24.4 Å². The highest BCUT2D eigenvalue weighted by atomic mass is 16.2. The van der Waals surface area contributed by atoms with Crippen LogP contribution >= 0.6 is 0 Å². The van der Waals surface area contributed by atoms with E-state index in [1.165, 1.54) is 25.7 Å². The standard InChI is InChI=1S/C22H26N4O2/c1-14-6-7-15(21(27)25-18-9-10-18)12-19(14)26-22(28)16-8-11-20(23-13-16)24-17-4-2-3-5-17/h6-8,11-13,17-18H,2-5,9-10H2,1H3,(H,23,24)(H,25,27)(H,26,28). The van der Waals surface area contributed by atoms with Gasteiger partial charge in [0, 0.05) is 29.5 Å². The predicted molar refractivity (Wildman–Crippen MR) is 110 cm³/mol. The molecule has 0 aliphatic heterocycles. The number of anilines is 2. The van der Waals surface area contributed by atoms with Crippen molar-refractivity contribution in [3.8, 4) is 0 Å². The van der Waals surface area contributed by atoms with Crippen LogP contribution < -0.4 is 16.0 Å². The molecule has 0 atom stereocenters. The molecule has 2 amide bonds. The summed E-state index contributed by atoms with van der Waals surface area (Å²) in [6.07, 6.45) is 8.54. The van der Waals surface area contributed by atoms with Gasteiger partial charge in [0.05, 0.1) is 5.56 Å². The molecule has 0 saturated heterocycles. The van der Waals surface area contributed by atoms with E-state index in [9.17, 15) is 9.59 Å². The zero-order chi connectivity index (χ0) is 19.5. The lowest BCUT2D eigenvalue weighted by Crippen LogP contribution is -2.25. The third-order valence-electron chi connectivity index (χ3n) is 5.39. The van der Waals surface area contributed by atoms with Crippen molar-refractivity contribution >= 4 is 23.3 Å². The molecule has 2 aliphatic rings. The summed E-state index contributed by atoms with van der Waals surface area (Å²) < 4.78 is 0. The molecular formula is C22H26N4O2. The number of benzene rings is 1. The number of amides is 2. The molecule has 2 aromatic rings. The molecule has 0 bridgehead atoms. The zero-order valence-electron chi connectivity index (χ0n) is 16.1. The van der Waals surface area contributed by atoms with E-state index in [0.29, 0.717) is 28.9 Å². The normalized spacial score (nSPS) is 16.6. The van der Waals surface area contributed by atoms with Gasteiger partial charge in [-0.05, 0) is 62.4 Å². The molecular weight excluding hydrogens is 352 g/mol. The SMILES string of the molecule is Cc1ccc(C(=O)NC2CC2)cc1NC(=O)c1ccc(NC2CCCC2)nc1. The van der Waals surface area contributed by atoms with Crippen LogP contribution in [-0.4, -0.2) is 28.9 Å². The van der Waals surface area contributed by atoms with Crippen LogP contribution in [0.5, 0.6) is 0 Å². The van der Waals surface area contributed by atoms with Crippen LogP contribution in [0.1, 0.15) is 64.8 Å². The molecule has 0 unspecified atom stereocenters. The van der Waals surface area contributed by atoms with Gasteiger partial charge in [0.2, 0.25) is 0 Å². The fraction of sp³-hybridized carbons (Fsp3) is 0.409. The highest BCUT2D eigenvalue weighted by molar-refractivity contribution is 6.05. The molecule has 2 fully saturated rings. The molecule has 28 heavy (non-hydrogen) atoms. The Morgan fingerprint density at radius 2 is 1.68 bits per heavy atom. The number of hydrogen-bond acceptors (Lipinski definition) is 4. The minimum absolute atomic E-state index is 0.0954.